The fraction of sp³-hybridized carbons (Fsp3) is 0.444. The molecular weight excluding hydrogens is 251 g/mol. The van der Waals surface area contributed by atoms with Crippen LogP contribution in [0.1, 0.15) is 19.0 Å². The van der Waals surface area contributed by atoms with Gasteiger partial charge in [0.25, 0.3) is 0 Å². The summed E-state index contributed by atoms with van der Waals surface area (Å²) in [6.45, 7) is 2.89. The van der Waals surface area contributed by atoms with Crippen LogP contribution in [-0.2, 0) is 6.54 Å². The minimum absolute atomic E-state index is 0.715. The number of aryl methyl sites for hydroxylation is 1. The Balaban J connectivity index is 2.79. The van der Waals surface area contributed by atoms with Crippen molar-refractivity contribution in [3.8, 4) is 0 Å². The fourth-order valence-corrected chi connectivity index (χ4v) is 1.52. The van der Waals surface area contributed by atoms with Crippen molar-refractivity contribution in [3.63, 3.8) is 0 Å². The van der Waals surface area contributed by atoms with E-state index < -0.39 is 0 Å². The van der Waals surface area contributed by atoms with Crippen LogP contribution in [0.3, 0.4) is 0 Å². The van der Waals surface area contributed by atoms with Crippen molar-refractivity contribution in [2.24, 2.45) is 0 Å². The van der Waals surface area contributed by atoms with E-state index in [0.717, 1.165) is 24.0 Å². The highest BCUT2D eigenvalue weighted by atomic mass is 79.9. The van der Waals surface area contributed by atoms with E-state index in [9.17, 15) is 0 Å². The van der Waals surface area contributed by atoms with Gasteiger partial charge in [-0.15, -0.1) is 0 Å². The highest BCUT2D eigenvalue weighted by Gasteiger charge is 2.02. The largest absolute Gasteiger partial charge is 0.264 e. The zero-order valence-electron chi connectivity index (χ0n) is 7.50. The molecule has 1 aromatic rings. The molecule has 13 heavy (non-hydrogen) atoms. The predicted octanol–water partition coefficient (Wildman–Crippen LogP) is 3.35. The SMILES string of the molecule is CCn1ncc(Cl)c1/C=C/CCBr. The van der Waals surface area contributed by atoms with E-state index in [4.69, 9.17) is 11.6 Å². The third kappa shape index (κ3) is 2.85. The van der Waals surface area contributed by atoms with Gasteiger partial charge in [-0.05, 0) is 19.4 Å². The summed E-state index contributed by atoms with van der Waals surface area (Å²) in [7, 11) is 0. The number of hydrogen-bond donors (Lipinski definition) is 0. The van der Waals surface area contributed by atoms with Crippen LogP contribution in [0.5, 0.6) is 0 Å². The Morgan fingerprint density at radius 1 is 1.69 bits per heavy atom. The second-order valence-electron chi connectivity index (χ2n) is 2.57. The number of halogens is 2. The summed E-state index contributed by atoms with van der Waals surface area (Å²) >= 11 is 9.32. The molecule has 0 bridgehead atoms. The quantitative estimate of drug-likeness (QED) is 0.762. The molecule has 0 aliphatic carbocycles. The van der Waals surface area contributed by atoms with Crippen LogP contribution in [0.15, 0.2) is 12.3 Å². The van der Waals surface area contributed by atoms with Crippen LogP contribution >= 0.6 is 27.5 Å². The highest BCUT2D eigenvalue weighted by Crippen LogP contribution is 2.16. The molecule has 0 fully saturated rings. The monoisotopic (exact) mass is 262 g/mol. The molecule has 0 radical (unpaired) electrons. The van der Waals surface area contributed by atoms with Crippen molar-refractivity contribution in [2.45, 2.75) is 19.9 Å². The lowest BCUT2D eigenvalue weighted by atomic mass is 10.3. The van der Waals surface area contributed by atoms with Gasteiger partial charge in [0.15, 0.2) is 0 Å². The van der Waals surface area contributed by atoms with E-state index in [1.165, 1.54) is 0 Å². The zero-order chi connectivity index (χ0) is 9.68. The zero-order valence-corrected chi connectivity index (χ0v) is 9.85. The van der Waals surface area contributed by atoms with Crippen molar-refractivity contribution >= 4 is 33.6 Å². The van der Waals surface area contributed by atoms with Crippen LogP contribution in [0.4, 0.5) is 0 Å². The maximum atomic E-state index is 5.96. The molecule has 0 saturated heterocycles. The molecule has 0 aromatic carbocycles. The molecule has 0 atom stereocenters. The lowest BCUT2D eigenvalue weighted by molar-refractivity contribution is 0.654. The molecule has 1 aromatic heterocycles. The first-order chi connectivity index (χ1) is 6.29. The van der Waals surface area contributed by atoms with Gasteiger partial charge in [-0.1, -0.05) is 33.6 Å². The third-order valence-electron chi connectivity index (χ3n) is 1.68. The summed E-state index contributed by atoms with van der Waals surface area (Å²) in [5.41, 5.74) is 0.991. The minimum Gasteiger partial charge on any atom is -0.264 e. The molecule has 0 amide bonds. The fourth-order valence-electron chi connectivity index (χ4n) is 1.05. The summed E-state index contributed by atoms with van der Waals surface area (Å²) < 4.78 is 1.88. The Morgan fingerprint density at radius 2 is 2.46 bits per heavy atom. The Labute approximate surface area is 91.7 Å². The summed E-state index contributed by atoms with van der Waals surface area (Å²) in [6, 6.07) is 0. The number of allylic oxidation sites excluding steroid dienone is 1. The highest BCUT2D eigenvalue weighted by molar-refractivity contribution is 9.09. The lowest BCUT2D eigenvalue weighted by Crippen LogP contribution is -1.98. The molecule has 4 heteroatoms. The smallest absolute Gasteiger partial charge is 0.0859 e. The standard InChI is InChI=1S/C9H12BrClN2/c1-2-13-9(5-3-4-6-10)8(11)7-12-13/h3,5,7H,2,4,6H2,1H3/b5-3+. The minimum atomic E-state index is 0.715. The Kier molecular flexibility index (Phi) is 4.53. The van der Waals surface area contributed by atoms with Gasteiger partial charge in [-0.2, -0.15) is 5.10 Å². The molecule has 2 nitrogen and oxygen atoms in total. The van der Waals surface area contributed by atoms with Gasteiger partial charge < -0.3 is 0 Å². The average molecular weight is 264 g/mol. The van der Waals surface area contributed by atoms with Gasteiger partial charge >= 0.3 is 0 Å². The first kappa shape index (κ1) is 10.8. The van der Waals surface area contributed by atoms with E-state index in [0.29, 0.717) is 5.02 Å². The van der Waals surface area contributed by atoms with Crippen molar-refractivity contribution in [1.82, 2.24) is 9.78 Å². The van der Waals surface area contributed by atoms with Gasteiger partial charge in [0.1, 0.15) is 0 Å². The predicted molar refractivity (Wildman–Crippen MR) is 60.4 cm³/mol. The maximum Gasteiger partial charge on any atom is 0.0859 e. The van der Waals surface area contributed by atoms with Crippen LogP contribution in [0, 0.1) is 0 Å². The molecule has 0 aliphatic heterocycles. The molecule has 0 unspecified atom stereocenters. The summed E-state index contributed by atoms with van der Waals surface area (Å²) in [5.74, 6) is 0. The van der Waals surface area contributed by atoms with Gasteiger partial charge in [0.05, 0.1) is 16.9 Å². The van der Waals surface area contributed by atoms with E-state index in [1.807, 2.05) is 17.7 Å². The number of alkyl halides is 1. The summed E-state index contributed by atoms with van der Waals surface area (Å²) in [4.78, 5) is 0. The lowest BCUT2D eigenvalue weighted by Gasteiger charge is -1.98. The molecule has 72 valence electrons. The van der Waals surface area contributed by atoms with E-state index >= 15 is 0 Å². The van der Waals surface area contributed by atoms with E-state index in [2.05, 4.69) is 27.1 Å². The first-order valence-electron chi connectivity index (χ1n) is 4.23. The topological polar surface area (TPSA) is 17.8 Å². The molecular formula is C9H12BrClN2. The molecule has 1 rings (SSSR count). The van der Waals surface area contributed by atoms with Crippen LogP contribution in [-0.4, -0.2) is 15.1 Å². The number of aromatic nitrogens is 2. The van der Waals surface area contributed by atoms with Crippen molar-refractivity contribution in [3.05, 3.63) is 23.0 Å². The van der Waals surface area contributed by atoms with Gasteiger partial charge in [0, 0.05) is 11.9 Å². The third-order valence-corrected chi connectivity index (χ3v) is 2.43. The molecule has 0 spiro atoms. The van der Waals surface area contributed by atoms with Crippen LogP contribution in [0.2, 0.25) is 5.02 Å². The Bertz CT molecular complexity index is 294. The second kappa shape index (κ2) is 5.45. The van der Waals surface area contributed by atoms with E-state index in [1.54, 1.807) is 6.20 Å². The Morgan fingerprint density at radius 3 is 3.08 bits per heavy atom. The van der Waals surface area contributed by atoms with E-state index in [-0.39, 0.29) is 0 Å². The molecule has 0 N–H and O–H groups in total. The van der Waals surface area contributed by atoms with Crippen molar-refractivity contribution < 1.29 is 0 Å². The summed E-state index contributed by atoms with van der Waals surface area (Å²) in [6.07, 6.45) is 6.79. The van der Waals surface area contributed by atoms with Gasteiger partial charge in [-0.3, -0.25) is 4.68 Å². The normalized spacial score (nSPS) is 11.3. The van der Waals surface area contributed by atoms with Gasteiger partial charge in [0.2, 0.25) is 0 Å². The van der Waals surface area contributed by atoms with Crippen molar-refractivity contribution in [1.29, 1.82) is 0 Å². The second-order valence-corrected chi connectivity index (χ2v) is 3.77. The maximum absolute atomic E-state index is 5.96. The summed E-state index contributed by atoms with van der Waals surface area (Å²) in [5, 5.41) is 5.82. The van der Waals surface area contributed by atoms with Crippen molar-refractivity contribution in [2.75, 3.05) is 5.33 Å². The number of rotatable bonds is 4. The Hall–Kier alpha value is -0.280. The number of nitrogens with zero attached hydrogens (tertiary/aromatic N) is 2. The molecule has 1 heterocycles. The first-order valence-corrected chi connectivity index (χ1v) is 5.73. The van der Waals surface area contributed by atoms with Crippen LogP contribution in [0.25, 0.3) is 6.08 Å². The molecule has 0 aliphatic rings. The number of hydrogen-bond acceptors (Lipinski definition) is 1. The molecule has 0 saturated carbocycles. The average Bonchev–Trinajstić information content (AvgIpc) is 2.48. The van der Waals surface area contributed by atoms with Crippen LogP contribution < -0.4 is 0 Å². The van der Waals surface area contributed by atoms with Gasteiger partial charge in [-0.25, -0.2) is 0 Å².